The van der Waals surface area contributed by atoms with Gasteiger partial charge in [-0.1, -0.05) is 13.8 Å². The molecule has 0 saturated heterocycles. The van der Waals surface area contributed by atoms with Gasteiger partial charge in [0, 0.05) is 26.8 Å². The summed E-state index contributed by atoms with van der Waals surface area (Å²) in [4.78, 5) is 5.40. The zero-order valence-corrected chi connectivity index (χ0v) is 7.80. The molecule has 0 aromatic rings. The van der Waals surface area contributed by atoms with Crippen LogP contribution >= 0.6 is 0 Å². The third-order valence-corrected chi connectivity index (χ3v) is 1.47. The molecule has 0 unspecified atom stereocenters. The Bertz CT molecular complexity index is 74.5. The molecule has 0 fully saturated rings. The molecule has 0 aromatic carbocycles. The Morgan fingerprint density at radius 1 is 1.09 bits per heavy atom. The molecule has 0 bridgehead atoms. The van der Waals surface area contributed by atoms with Crippen molar-refractivity contribution in [2.75, 3.05) is 33.4 Å². The van der Waals surface area contributed by atoms with E-state index in [4.69, 9.17) is 9.57 Å². The first kappa shape index (κ1) is 10.9. The van der Waals surface area contributed by atoms with Gasteiger partial charge in [0.2, 0.25) is 0 Å². The summed E-state index contributed by atoms with van der Waals surface area (Å²) in [7, 11) is 1.71. The lowest BCUT2D eigenvalue weighted by Crippen LogP contribution is -2.24. The van der Waals surface area contributed by atoms with Crippen molar-refractivity contribution in [2.24, 2.45) is 0 Å². The fourth-order valence-electron chi connectivity index (χ4n) is 0.803. The van der Waals surface area contributed by atoms with Gasteiger partial charge in [-0.05, 0) is 6.42 Å². The summed E-state index contributed by atoms with van der Waals surface area (Å²) in [5.41, 5.74) is 0. The standard InChI is InChI=1S/C8H19NO2/c1-4-9(5-2)11-8-6-7-10-3/h4-8H2,1-3H3. The van der Waals surface area contributed by atoms with Gasteiger partial charge in [-0.3, -0.25) is 4.84 Å². The molecule has 0 aromatic heterocycles. The molecule has 3 heteroatoms. The lowest BCUT2D eigenvalue weighted by Gasteiger charge is -2.17. The molecule has 0 N–H and O–H groups in total. The van der Waals surface area contributed by atoms with Crippen LogP contribution in [0.4, 0.5) is 0 Å². The van der Waals surface area contributed by atoms with Crippen molar-refractivity contribution in [3.05, 3.63) is 0 Å². The van der Waals surface area contributed by atoms with Crippen molar-refractivity contribution in [3.63, 3.8) is 0 Å². The topological polar surface area (TPSA) is 21.7 Å². The zero-order valence-electron chi connectivity index (χ0n) is 7.80. The summed E-state index contributed by atoms with van der Waals surface area (Å²) in [5.74, 6) is 0. The van der Waals surface area contributed by atoms with Crippen molar-refractivity contribution < 1.29 is 9.57 Å². The first-order valence-electron chi connectivity index (χ1n) is 4.21. The smallest absolute Gasteiger partial charge is 0.0707 e. The van der Waals surface area contributed by atoms with Gasteiger partial charge in [0.05, 0.1) is 6.61 Å². The Labute approximate surface area is 69.2 Å². The summed E-state index contributed by atoms with van der Waals surface area (Å²) >= 11 is 0. The maximum absolute atomic E-state index is 5.40. The van der Waals surface area contributed by atoms with Crippen molar-refractivity contribution >= 4 is 0 Å². The minimum atomic E-state index is 0.759. The molecular weight excluding hydrogens is 142 g/mol. The maximum atomic E-state index is 5.40. The highest BCUT2D eigenvalue weighted by atomic mass is 16.7. The van der Waals surface area contributed by atoms with Gasteiger partial charge >= 0.3 is 0 Å². The van der Waals surface area contributed by atoms with Gasteiger partial charge in [-0.2, -0.15) is 5.06 Å². The average Bonchev–Trinajstić information content (AvgIpc) is 2.05. The third-order valence-electron chi connectivity index (χ3n) is 1.47. The van der Waals surface area contributed by atoms with E-state index in [1.165, 1.54) is 0 Å². The van der Waals surface area contributed by atoms with Crippen LogP contribution in [0.2, 0.25) is 0 Å². The second-order valence-corrected chi connectivity index (χ2v) is 2.29. The summed E-state index contributed by atoms with van der Waals surface area (Å²) in [6.07, 6.45) is 0.965. The van der Waals surface area contributed by atoms with E-state index in [-0.39, 0.29) is 0 Å². The Morgan fingerprint density at radius 2 is 1.73 bits per heavy atom. The van der Waals surface area contributed by atoms with Gasteiger partial charge in [-0.25, -0.2) is 0 Å². The SMILES string of the molecule is CCN(CC)OCCCOC. The monoisotopic (exact) mass is 161 g/mol. The van der Waals surface area contributed by atoms with E-state index in [9.17, 15) is 0 Å². The van der Waals surface area contributed by atoms with Crippen LogP contribution in [0.15, 0.2) is 0 Å². The second kappa shape index (κ2) is 7.98. The summed E-state index contributed by atoms with van der Waals surface area (Å²) in [6, 6.07) is 0. The number of rotatable bonds is 7. The lowest BCUT2D eigenvalue weighted by atomic mass is 10.5. The fraction of sp³-hybridized carbons (Fsp3) is 1.00. The van der Waals surface area contributed by atoms with E-state index in [2.05, 4.69) is 13.8 Å². The quantitative estimate of drug-likeness (QED) is 0.415. The lowest BCUT2D eigenvalue weighted by molar-refractivity contribution is -0.155. The molecule has 0 aliphatic carbocycles. The Hall–Kier alpha value is -0.120. The van der Waals surface area contributed by atoms with Gasteiger partial charge < -0.3 is 4.74 Å². The number of hydrogen-bond acceptors (Lipinski definition) is 3. The van der Waals surface area contributed by atoms with Crippen LogP contribution < -0.4 is 0 Å². The minimum absolute atomic E-state index is 0.759. The van der Waals surface area contributed by atoms with Gasteiger partial charge in [0.15, 0.2) is 0 Å². The van der Waals surface area contributed by atoms with Gasteiger partial charge in [0.25, 0.3) is 0 Å². The minimum Gasteiger partial charge on any atom is -0.385 e. The molecule has 0 saturated carbocycles. The third kappa shape index (κ3) is 6.28. The van der Waals surface area contributed by atoms with Crippen LogP contribution in [0.25, 0.3) is 0 Å². The molecule has 0 aliphatic rings. The molecule has 68 valence electrons. The largest absolute Gasteiger partial charge is 0.385 e. The molecule has 3 nitrogen and oxygen atoms in total. The Balaban J connectivity index is 3.07. The van der Waals surface area contributed by atoms with Gasteiger partial charge in [0.1, 0.15) is 0 Å². The molecule has 0 aliphatic heterocycles. The van der Waals surface area contributed by atoms with Crippen LogP contribution in [-0.2, 0) is 9.57 Å². The van der Waals surface area contributed by atoms with Gasteiger partial charge in [-0.15, -0.1) is 0 Å². The number of hydroxylamine groups is 2. The number of ether oxygens (including phenoxy) is 1. The van der Waals surface area contributed by atoms with E-state index in [1.807, 2.05) is 5.06 Å². The van der Waals surface area contributed by atoms with E-state index in [0.717, 1.165) is 32.7 Å². The van der Waals surface area contributed by atoms with Crippen LogP contribution in [0.3, 0.4) is 0 Å². The van der Waals surface area contributed by atoms with Crippen LogP contribution in [0.1, 0.15) is 20.3 Å². The highest BCUT2D eigenvalue weighted by Crippen LogP contribution is 1.90. The van der Waals surface area contributed by atoms with Crippen molar-refractivity contribution in [3.8, 4) is 0 Å². The van der Waals surface area contributed by atoms with E-state index >= 15 is 0 Å². The molecule has 0 radical (unpaired) electrons. The maximum Gasteiger partial charge on any atom is 0.0707 e. The number of hydrogen-bond donors (Lipinski definition) is 0. The second-order valence-electron chi connectivity index (χ2n) is 2.29. The molecule has 11 heavy (non-hydrogen) atoms. The summed E-state index contributed by atoms with van der Waals surface area (Å²) < 4.78 is 4.89. The Kier molecular flexibility index (Phi) is 7.89. The van der Waals surface area contributed by atoms with Crippen LogP contribution in [-0.4, -0.2) is 38.5 Å². The molecule has 0 atom stereocenters. The van der Waals surface area contributed by atoms with Crippen molar-refractivity contribution in [1.29, 1.82) is 0 Å². The van der Waals surface area contributed by atoms with Crippen LogP contribution in [0.5, 0.6) is 0 Å². The highest BCUT2D eigenvalue weighted by Gasteiger charge is 1.96. The number of methoxy groups -OCH3 is 1. The van der Waals surface area contributed by atoms with E-state index < -0.39 is 0 Å². The average molecular weight is 161 g/mol. The molecule has 0 spiro atoms. The summed E-state index contributed by atoms with van der Waals surface area (Å²) in [5, 5.41) is 1.94. The molecule has 0 amide bonds. The van der Waals surface area contributed by atoms with E-state index in [1.54, 1.807) is 7.11 Å². The van der Waals surface area contributed by atoms with Crippen LogP contribution in [0, 0.1) is 0 Å². The van der Waals surface area contributed by atoms with Crippen molar-refractivity contribution in [1.82, 2.24) is 5.06 Å². The fourth-order valence-corrected chi connectivity index (χ4v) is 0.803. The first-order valence-corrected chi connectivity index (χ1v) is 4.21. The predicted molar refractivity (Wildman–Crippen MR) is 45.4 cm³/mol. The highest BCUT2D eigenvalue weighted by molar-refractivity contribution is 4.35. The zero-order chi connectivity index (χ0) is 8.53. The first-order chi connectivity index (χ1) is 5.35. The predicted octanol–water partition coefficient (Wildman–Crippen LogP) is 1.30. The van der Waals surface area contributed by atoms with E-state index in [0.29, 0.717) is 0 Å². The molecule has 0 heterocycles. The normalized spacial score (nSPS) is 10.9. The number of nitrogens with zero attached hydrogens (tertiary/aromatic N) is 1. The van der Waals surface area contributed by atoms with Crippen molar-refractivity contribution in [2.45, 2.75) is 20.3 Å². The summed E-state index contributed by atoms with van der Waals surface area (Å²) in [6.45, 7) is 7.60. The molecule has 0 rings (SSSR count). The molecular formula is C8H19NO2. The Morgan fingerprint density at radius 3 is 2.18 bits per heavy atom.